The Morgan fingerprint density at radius 1 is 1.26 bits per heavy atom. The van der Waals surface area contributed by atoms with E-state index in [1.165, 1.54) is 0 Å². The van der Waals surface area contributed by atoms with Gasteiger partial charge in [-0.25, -0.2) is 9.97 Å². The zero-order chi connectivity index (χ0) is 24.4. The van der Waals surface area contributed by atoms with Crippen molar-refractivity contribution < 1.29 is 13.9 Å². The number of nitrogens with two attached hydrogens (primary N) is 1. The number of methoxy groups -OCH3 is 1. The summed E-state index contributed by atoms with van der Waals surface area (Å²) >= 11 is 0. The summed E-state index contributed by atoms with van der Waals surface area (Å²) in [5.41, 5.74) is 10.9. The quantitative estimate of drug-likeness (QED) is 0.418. The molecule has 0 bridgehead atoms. The van der Waals surface area contributed by atoms with Crippen molar-refractivity contribution in [1.82, 2.24) is 30.0 Å². The summed E-state index contributed by atoms with van der Waals surface area (Å²) in [6, 6.07) is 9.79. The number of ether oxygens (including phenoxy) is 1. The van der Waals surface area contributed by atoms with E-state index in [9.17, 15) is 4.79 Å². The van der Waals surface area contributed by atoms with Crippen LogP contribution in [0.25, 0.3) is 33.7 Å². The molecule has 0 atom stereocenters. The Balaban J connectivity index is 1.43. The summed E-state index contributed by atoms with van der Waals surface area (Å²) in [6.45, 7) is 2.50. The largest absolute Gasteiger partial charge is 0.436 e. The molecule has 10 heteroatoms. The fraction of sp³-hybridized carbons (Fsp3) is 0.360. The van der Waals surface area contributed by atoms with Crippen molar-refractivity contribution in [3.63, 3.8) is 0 Å². The lowest BCUT2D eigenvalue weighted by Gasteiger charge is -2.31. The third-order valence-corrected chi connectivity index (χ3v) is 6.42. The number of piperidine rings is 1. The summed E-state index contributed by atoms with van der Waals surface area (Å²) < 4.78 is 13.4. The Morgan fingerprint density at radius 3 is 2.80 bits per heavy atom. The number of benzene rings is 1. The van der Waals surface area contributed by atoms with Gasteiger partial charge in [-0.15, -0.1) is 0 Å². The number of amides is 1. The van der Waals surface area contributed by atoms with E-state index in [2.05, 4.69) is 26.4 Å². The normalized spacial score (nSPS) is 15.0. The Morgan fingerprint density at radius 2 is 2.06 bits per heavy atom. The van der Waals surface area contributed by atoms with Crippen LogP contribution in [0.2, 0.25) is 0 Å². The highest BCUT2D eigenvalue weighted by Crippen LogP contribution is 2.33. The van der Waals surface area contributed by atoms with Crippen LogP contribution >= 0.6 is 0 Å². The predicted molar refractivity (Wildman–Crippen MR) is 132 cm³/mol. The van der Waals surface area contributed by atoms with Crippen LogP contribution in [0.15, 0.2) is 47.1 Å². The summed E-state index contributed by atoms with van der Waals surface area (Å²) in [5.74, 6) is 0.824. The van der Waals surface area contributed by atoms with Gasteiger partial charge >= 0.3 is 0 Å². The maximum absolute atomic E-state index is 11.7. The highest BCUT2D eigenvalue weighted by atomic mass is 16.5. The number of nitrogens with zero attached hydrogens (tertiary/aromatic N) is 5. The van der Waals surface area contributed by atoms with E-state index in [1.807, 2.05) is 35.0 Å². The molecule has 1 amide bonds. The summed E-state index contributed by atoms with van der Waals surface area (Å²) in [6.07, 6.45) is 5.63. The number of para-hydroxylation sites is 2. The molecule has 1 aliphatic heterocycles. The molecule has 1 saturated heterocycles. The van der Waals surface area contributed by atoms with Gasteiger partial charge in [0.25, 0.3) is 0 Å². The molecule has 4 aromatic rings. The maximum Gasteiger partial charge on any atom is 0.233 e. The SMILES string of the molecule is CNC(=O)CN1CCC(n2cc(-c3cnc(N)c(-c4nc5ccccc5o4)c3)c(COC)n2)CC1. The summed E-state index contributed by atoms with van der Waals surface area (Å²) in [4.78, 5) is 22.9. The number of pyridine rings is 1. The third-order valence-electron chi connectivity index (χ3n) is 6.42. The number of aromatic nitrogens is 4. The van der Waals surface area contributed by atoms with Crippen molar-refractivity contribution in [3.05, 3.63) is 48.4 Å². The smallest absolute Gasteiger partial charge is 0.233 e. The van der Waals surface area contributed by atoms with Gasteiger partial charge in [-0.3, -0.25) is 14.4 Å². The molecule has 182 valence electrons. The summed E-state index contributed by atoms with van der Waals surface area (Å²) in [5, 5.41) is 7.55. The number of rotatable bonds is 7. The molecule has 3 N–H and O–H groups in total. The first-order valence-corrected chi connectivity index (χ1v) is 11.7. The van der Waals surface area contributed by atoms with E-state index in [4.69, 9.17) is 20.0 Å². The molecule has 3 aromatic heterocycles. The van der Waals surface area contributed by atoms with E-state index < -0.39 is 0 Å². The van der Waals surface area contributed by atoms with Crippen molar-refractivity contribution in [2.75, 3.05) is 39.5 Å². The Labute approximate surface area is 203 Å². The van der Waals surface area contributed by atoms with Crippen LogP contribution in [-0.2, 0) is 16.1 Å². The average Bonchev–Trinajstić information content (AvgIpc) is 3.49. The van der Waals surface area contributed by atoms with E-state index in [0.29, 0.717) is 36.0 Å². The molecule has 0 radical (unpaired) electrons. The van der Waals surface area contributed by atoms with Crippen LogP contribution in [0, 0.1) is 0 Å². The molecular weight excluding hydrogens is 446 g/mol. The second-order valence-corrected chi connectivity index (χ2v) is 8.73. The molecule has 35 heavy (non-hydrogen) atoms. The van der Waals surface area contributed by atoms with Crippen molar-refractivity contribution in [2.45, 2.75) is 25.5 Å². The van der Waals surface area contributed by atoms with Crippen LogP contribution < -0.4 is 11.1 Å². The molecule has 4 heterocycles. The van der Waals surface area contributed by atoms with Gasteiger partial charge in [-0.1, -0.05) is 12.1 Å². The van der Waals surface area contributed by atoms with E-state index in [0.717, 1.165) is 48.3 Å². The average molecular weight is 476 g/mol. The van der Waals surface area contributed by atoms with Crippen molar-refractivity contribution >= 4 is 22.8 Å². The predicted octanol–water partition coefficient (Wildman–Crippen LogP) is 2.86. The van der Waals surface area contributed by atoms with Gasteiger partial charge < -0.3 is 20.2 Å². The van der Waals surface area contributed by atoms with Crippen molar-refractivity contribution in [2.24, 2.45) is 0 Å². The number of fused-ring (bicyclic) bond motifs is 1. The second kappa shape index (κ2) is 9.85. The van der Waals surface area contributed by atoms with Crippen LogP contribution in [0.5, 0.6) is 0 Å². The molecule has 1 aromatic carbocycles. The van der Waals surface area contributed by atoms with Gasteiger partial charge in [-0.05, 0) is 31.0 Å². The van der Waals surface area contributed by atoms with Gasteiger partial charge in [0, 0.05) is 50.8 Å². The van der Waals surface area contributed by atoms with Gasteiger partial charge in [-0.2, -0.15) is 5.10 Å². The Bertz CT molecular complexity index is 1310. The van der Waals surface area contributed by atoms with Crippen LogP contribution in [0.1, 0.15) is 24.6 Å². The second-order valence-electron chi connectivity index (χ2n) is 8.73. The monoisotopic (exact) mass is 475 g/mol. The molecule has 0 unspecified atom stereocenters. The zero-order valence-corrected chi connectivity index (χ0v) is 19.9. The molecular formula is C25H29N7O3. The van der Waals surface area contributed by atoms with Gasteiger partial charge in [0.05, 0.1) is 30.5 Å². The molecule has 0 aliphatic carbocycles. The van der Waals surface area contributed by atoms with Crippen LogP contribution in [0.3, 0.4) is 0 Å². The lowest BCUT2D eigenvalue weighted by molar-refractivity contribution is -0.122. The standard InChI is InChI=1S/C25H29N7O3/c1-27-23(33)14-31-9-7-17(8-10-31)32-13-19(21(30-32)15-34-2)16-11-18(24(26)28-12-16)25-29-20-5-3-4-6-22(20)35-25/h3-6,11-13,17H,7-10,14-15H2,1-2H3,(H2,26,28)(H,27,33). The number of likely N-dealkylation sites (N-methyl/N-ethyl adjacent to an activating group) is 1. The van der Waals surface area contributed by atoms with Crippen LogP contribution in [0.4, 0.5) is 5.82 Å². The van der Waals surface area contributed by atoms with Gasteiger partial charge in [0.1, 0.15) is 11.3 Å². The van der Waals surface area contributed by atoms with Crippen molar-refractivity contribution in [3.8, 4) is 22.6 Å². The first-order valence-electron chi connectivity index (χ1n) is 11.7. The lowest BCUT2D eigenvalue weighted by atomic mass is 10.0. The Hall–Kier alpha value is -3.76. The fourth-order valence-electron chi connectivity index (χ4n) is 4.51. The molecule has 10 nitrogen and oxygen atoms in total. The van der Waals surface area contributed by atoms with E-state index >= 15 is 0 Å². The minimum absolute atomic E-state index is 0.0396. The zero-order valence-electron chi connectivity index (χ0n) is 19.9. The highest BCUT2D eigenvalue weighted by Gasteiger charge is 2.24. The highest BCUT2D eigenvalue weighted by molar-refractivity contribution is 5.81. The number of nitrogens with one attached hydrogen (secondary N) is 1. The van der Waals surface area contributed by atoms with E-state index in [1.54, 1.807) is 20.4 Å². The number of oxazole rings is 1. The Kier molecular flexibility index (Phi) is 6.47. The number of hydrogen-bond donors (Lipinski definition) is 2. The molecule has 1 aliphatic rings. The van der Waals surface area contributed by atoms with Gasteiger partial charge in [0.15, 0.2) is 5.58 Å². The first-order chi connectivity index (χ1) is 17.1. The van der Waals surface area contributed by atoms with Gasteiger partial charge in [0.2, 0.25) is 11.8 Å². The molecule has 0 spiro atoms. The molecule has 1 fully saturated rings. The first kappa shape index (κ1) is 23.0. The van der Waals surface area contributed by atoms with E-state index in [-0.39, 0.29) is 11.9 Å². The summed E-state index contributed by atoms with van der Waals surface area (Å²) in [7, 11) is 3.32. The minimum atomic E-state index is 0.0396. The fourth-order valence-corrected chi connectivity index (χ4v) is 4.51. The number of anilines is 1. The number of hydrogen-bond acceptors (Lipinski definition) is 8. The number of carbonyl (C=O) groups is 1. The minimum Gasteiger partial charge on any atom is -0.436 e. The lowest BCUT2D eigenvalue weighted by Crippen LogP contribution is -2.41. The molecule has 5 rings (SSSR count). The number of likely N-dealkylation sites (tertiary alicyclic amines) is 1. The van der Waals surface area contributed by atoms with Crippen molar-refractivity contribution in [1.29, 1.82) is 0 Å². The maximum atomic E-state index is 11.7. The van der Waals surface area contributed by atoms with Crippen LogP contribution in [-0.4, -0.2) is 64.3 Å². The third kappa shape index (κ3) is 4.75. The topological polar surface area (TPSA) is 124 Å². The number of nitrogen functional groups attached to an aromatic ring is 1. The molecule has 0 saturated carbocycles. The number of carbonyl (C=O) groups excluding carboxylic acids is 1.